The number of ketones is 1. The van der Waals surface area contributed by atoms with Gasteiger partial charge in [-0.2, -0.15) is 4.39 Å². The number of esters is 1. The predicted molar refractivity (Wildman–Crippen MR) is 96.9 cm³/mol. The first-order valence-electron chi connectivity index (χ1n) is 7.65. The second-order valence-electron chi connectivity index (χ2n) is 5.62. The van der Waals surface area contributed by atoms with E-state index in [1.165, 1.54) is 0 Å². The van der Waals surface area contributed by atoms with Crippen LogP contribution in [0.4, 0.5) is 4.39 Å². The number of halogens is 3. The van der Waals surface area contributed by atoms with E-state index in [0.29, 0.717) is 0 Å². The highest BCUT2D eigenvalue weighted by molar-refractivity contribution is 6.42. The van der Waals surface area contributed by atoms with Gasteiger partial charge in [0, 0.05) is 12.0 Å². The average Bonchev–Trinajstić information content (AvgIpc) is 2.66. The number of hydrogen-bond acceptors (Lipinski definition) is 6. The number of aromatic carboxylic acids is 1. The zero-order valence-electron chi connectivity index (χ0n) is 14.3. The van der Waals surface area contributed by atoms with E-state index in [1.807, 2.05) is 0 Å². The quantitative estimate of drug-likeness (QED) is 0.472. The highest BCUT2D eigenvalue weighted by atomic mass is 35.5. The number of carbonyl (C=O) groups is 3. The molecule has 0 heterocycles. The van der Waals surface area contributed by atoms with Crippen molar-refractivity contribution in [1.29, 1.82) is 0 Å². The van der Waals surface area contributed by atoms with Crippen LogP contribution in [0, 0.1) is 5.82 Å². The van der Waals surface area contributed by atoms with Crippen LogP contribution in [-0.2, 0) is 16.0 Å². The predicted octanol–water partition coefficient (Wildman–Crippen LogP) is 3.58. The molecule has 0 aliphatic rings. The molecule has 0 aromatic heterocycles. The molecule has 0 aliphatic heterocycles. The number of carbonyl (C=O) groups excluding carboxylic acids is 2. The van der Waals surface area contributed by atoms with Gasteiger partial charge in [0.15, 0.2) is 17.3 Å². The number of aryl methyl sites for hydroxylation is 1. The van der Waals surface area contributed by atoms with Crippen LogP contribution in [0.5, 0.6) is 11.5 Å². The van der Waals surface area contributed by atoms with E-state index in [-0.39, 0.29) is 28.5 Å². The minimum absolute atomic E-state index is 0.115. The van der Waals surface area contributed by atoms with Crippen molar-refractivity contribution in [3.05, 3.63) is 56.3 Å². The molecule has 2 rings (SSSR count). The number of aromatic hydroxyl groups is 2. The molecule has 0 atom stereocenters. The van der Waals surface area contributed by atoms with Gasteiger partial charge < -0.3 is 20.1 Å². The Labute approximate surface area is 167 Å². The number of benzene rings is 2. The largest absolute Gasteiger partial charge is 0.505 e. The van der Waals surface area contributed by atoms with Gasteiger partial charge >= 0.3 is 11.9 Å². The summed E-state index contributed by atoms with van der Waals surface area (Å²) in [5.41, 5.74) is -1.72. The number of carboxylic acids is 1. The van der Waals surface area contributed by atoms with Gasteiger partial charge in [0.2, 0.25) is 5.82 Å². The van der Waals surface area contributed by atoms with Gasteiger partial charge in [0.1, 0.15) is 0 Å². The van der Waals surface area contributed by atoms with Crippen LogP contribution < -0.4 is 0 Å². The minimum Gasteiger partial charge on any atom is -0.505 e. The number of phenolic OH excluding ortho intramolecular Hbond substituents is 2. The molecule has 0 unspecified atom stereocenters. The maximum absolute atomic E-state index is 14.2. The average molecular weight is 431 g/mol. The Morgan fingerprint density at radius 1 is 1.00 bits per heavy atom. The molecule has 3 N–H and O–H groups in total. The third-order valence-corrected chi connectivity index (χ3v) is 4.62. The Morgan fingerprint density at radius 2 is 1.57 bits per heavy atom. The van der Waals surface area contributed by atoms with E-state index in [9.17, 15) is 34.1 Å². The molecule has 7 nitrogen and oxygen atoms in total. The van der Waals surface area contributed by atoms with Crippen molar-refractivity contribution in [3.8, 4) is 11.5 Å². The van der Waals surface area contributed by atoms with Gasteiger partial charge in [-0.3, -0.25) is 9.59 Å². The van der Waals surface area contributed by atoms with Gasteiger partial charge in [-0.05, 0) is 30.2 Å². The summed E-state index contributed by atoms with van der Waals surface area (Å²) in [6.07, 6.45) is -0.418. The van der Waals surface area contributed by atoms with Crippen LogP contribution in [0.1, 0.15) is 38.3 Å². The third kappa shape index (κ3) is 4.18. The lowest BCUT2D eigenvalue weighted by atomic mass is 9.94. The van der Waals surface area contributed by atoms with Crippen molar-refractivity contribution in [3.63, 3.8) is 0 Å². The zero-order valence-corrected chi connectivity index (χ0v) is 15.8. The molecule has 0 saturated heterocycles. The summed E-state index contributed by atoms with van der Waals surface area (Å²) in [5, 5.41) is 28.8. The molecule has 0 bridgehead atoms. The lowest BCUT2D eigenvalue weighted by Gasteiger charge is -2.13. The fourth-order valence-electron chi connectivity index (χ4n) is 2.44. The lowest BCUT2D eigenvalue weighted by molar-refractivity contribution is -0.140. The van der Waals surface area contributed by atoms with Crippen LogP contribution in [0.15, 0.2) is 18.2 Å². The highest BCUT2D eigenvalue weighted by Crippen LogP contribution is 2.36. The van der Waals surface area contributed by atoms with E-state index < -0.39 is 51.7 Å². The number of hydrogen-bond donors (Lipinski definition) is 3. The molecule has 0 fully saturated rings. The van der Waals surface area contributed by atoms with Crippen molar-refractivity contribution >= 4 is 40.9 Å². The summed E-state index contributed by atoms with van der Waals surface area (Å²) >= 11 is 11.6. The third-order valence-electron chi connectivity index (χ3n) is 3.90. The Morgan fingerprint density at radius 3 is 2.11 bits per heavy atom. The first-order chi connectivity index (χ1) is 13.1. The standard InChI is InChI=1S/C18H13Cl2FO7/c1-28-13(22)3-2-7-4-10(17(25)14(21)15(7)23)16(24)8-5-11(19)12(20)6-9(8)18(26)27/h4-6,23,25H,2-3H2,1H3,(H,26,27). The summed E-state index contributed by atoms with van der Waals surface area (Å²) in [7, 11) is 1.15. The Hall–Kier alpha value is -2.84. The smallest absolute Gasteiger partial charge is 0.336 e. The maximum Gasteiger partial charge on any atom is 0.336 e. The zero-order chi connectivity index (χ0) is 21.2. The van der Waals surface area contributed by atoms with E-state index in [1.54, 1.807) is 0 Å². The van der Waals surface area contributed by atoms with Crippen molar-refractivity contribution in [2.24, 2.45) is 0 Å². The Balaban J connectivity index is 2.60. The molecule has 2 aromatic carbocycles. The molecule has 10 heteroatoms. The second kappa shape index (κ2) is 8.45. The van der Waals surface area contributed by atoms with E-state index >= 15 is 0 Å². The Bertz CT molecular complexity index is 989. The van der Waals surface area contributed by atoms with Crippen molar-refractivity contribution in [2.75, 3.05) is 7.11 Å². The highest BCUT2D eigenvalue weighted by Gasteiger charge is 2.26. The first kappa shape index (κ1) is 21.5. The summed E-state index contributed by atoms with van der Waals surface area (Å²) in [4.78, 5) is 35.5. The molecule has 28 heavy (non-hydrogen) atoms. The Kier molecular flexibility index (Phi) is 6.48. The van der Waals surface area contributed by atoms with Crippen molar-refractivity contribution in [1.82, 2.24) is 0 Å². The van der Waals surface area contributed by atoms with E-state index in [2.05, 4.69) is 4.74 Å². The topological polar surface area (TPSA) is 121 Å². The normalized spacial score (nSPS) is 10.6. The minimum atomic E-state index is -1.49. The van der Waals surface area contributed by atoms with E-state index in [4.69, 9.17) is 23.2 Å². The second-order valence-corrected chi connectivity index (χ2v) is 6.43. The number of carboxylic acid groups (broad SMARTS) is 1. The van der Waals surface area contributed by atoms with Crippen LogP contribution in [-0.4, -0.2) is 40.2 Å². The summed E-state index contributed by atoms with van der Waals surface area (Å²) in [6.45, 7) is 0. The number of phenols is 2. The molecule has 148 valence electrons. The van der Waals surface area contributed by atoms with Gasteiger partial charge in [-0.15, -0.1) is 0 Å². The molecular formula is C18H13Cl2FO7. The fraction of sp³-hybridized carbons (Fsp3) is 0.167. The first-order valence-corrected chi connectivity index (χ1v) is 8.41. The van der Waals surface area contributed by atoms with Crippen molar-refractivity contribution in [2.45, 2.75) is 12.8 Å². The molecule has 0 amide bonds. The summed E-state index contributed by atoms with van der Waals surface area (Å²) in [5.74, 6) is -6.79. The van der Waals surface area contributed by atoms with Crippen molar-refractivity contribution < 1.29 is 38.8 Å². The molecule has 0 radical (unpaired) electrons. The molecule has 0 saturated carbocycles. The van der Waals surface area contributed by atoms with Crippen LogP contribution in [0.2, 0.25) is 10.0 Å². The number of rotatable bonds is 6. The van der Waals surface area contributed by atoms with Gasteiger partial charge in [-0.1, -0.05) is 23.2 Å². The SMILES string of the molecule is COC(=O)CCc1cc(C(=O)c2cc(Cl)c(Cl)cc2C(=O)O)c(O)c(F)c1O. The molecule has 0 spiro atoms. The van der Waals surface area contributed by atoms with Gasteiger partial charge in [0.25, 0.3) is 0 Å². The van der Waals surface area contributed by atoms with E-state index in [0.717, 1.165) is 25.3 Å². The number of methoxy groups -OCH3 is 1. The van der Waals surface area contributed by atoms with Crippen LogP contribution in [0.3, 0.4) is 0 Å². The van der Waals surface area contributed by atoms with Gasteiger partial charge in [0.05, 0.1) is 28.3 Å². The van der Waals surface area contributed by atoms with Crippen LogP contribution in [0.25, 0.3) is 0 Å². The fourth-order valence-corrected chi connectivity index (χ4v) is 2.77. The maximum atomic E-state index is 14.2. The lowest BCUT2D eigenvalue weighted by Crippen LogP contribution is -2.12. The summed E-state index contributed by atoms with van der Waals surface area (Å²) < 4.78 is 18.7. The molecule has 0 aliphatic carbocycles. The van der Waals surface area contributed by atoms with Crippen LogP contribution >= 0.6 is 23.2 Å². The molecule has 2 aromatic rings. The van der Waals surface area contributed by atoms with Gasteiger partial charge in [-0.25, -0.2) is 4.79 Å². The summed E-state index contributed by atoms with van der Waals surface area (Å²) in [6, 6.07) is 2.90. The monoisotopic (exact) mass is 430 g/mol. The number of ether oxygens (including phenoxy) is 1. The molecular weight excluding hydrogens is 418 g/mol.